The van der Waals surface area contributed by atoms with Crippen LogP contribution in [-0.4, -0.2) is 5.33 Å². The minimum atomic E-state index is 0.787. The number of aryl methyl sites for hydroxylation is 2. The monoisotopic (exact) mass is 268 g/mol. The summed E-state index contributed by atoms with van der Waals surface area (Å²) >= 11 is 3.62. The molecule has 15 heavy (non-hydrogen) atoms. The smallest absolute Gasteiger partial charge is 0.00628 e. The summed E-state index contributed by atoms with van der Waals surface area (Å²) in [5, 5.41) is 1.12. The first kappa shape index (κ1) is 12.8. The summed E-state index contributed by atoms with van der Waals surface area (Å²) < 4.78 is 0. The summed E-state index contributed by atoms with van der Waals surface area (Å²) in [6.45, 7) is 6.71. The maximum Gasteiger partial charge on any atom is 0.00628 e. The highest BCUT2D eigenvalue weighted by atomic mass is 79.9. The fourth-order valence-electron chi connectivity index (χ4n) is 2.10. The molecule has 0 aliphatic carbocycles. The zero-order valence-electron chi connectivity index (χ0n) is 10.0. The van der Waals surface area contributed by atoms with Gasteiger partial charge in [0.15, 0.2) is 0 Å². The van der Waals surface area contributed by atoms with Gasteiger partial charge in [0.1, 0.15) is 0 Å². The van der Waals surface area contributed by atoms with Gasteiger partial charge in [-0.15, -0.1) is 0 Å². The van der Waals surface area contributed by atoms with E-state index in [9.17, 15) is 0 Å². The molecule has 84 valence electrons. The van der Waals surface area contributed by atoms with Crippen molar-refractivity contribution < 1.29 is 0 Å². The highest BCUT2D eigenvalue weighted by Gasteiger charge is 2.10. The molecule has 0 saturated heterocycles. The maximum atomic E-state index is 3.62. The van der Waals surface area contributed by atoms with Crippen LogP contribution in [0.1, 0.15) is 36.5 Å². The van der Waals surface area contributed by atoms with E-state index < -0.39 is 0 Å². The first-order chi connectivity index (χ1) is 7.19. The third-order valence-corrected chi connectivity index (χ3v) is 3.97. The lowest BCUT2D eigenvalue weighted by atomic mass is 9.91. The van der Waals surface area contributed by atoms with Gasteiger partial charge in [-0.05, 0) is 49.3 Å². The summed E-state index contributed by atoms with van der Waals surface area (Å²) in [5.41, 5.74) is 4.43. The van der Waals surface area contributed by atoms with Crippen LogP contribution in [0.25, 0.3) is 0 Å². The van der Waals surface area contributed by atoms with Crippen molar-refractivity contribution in [3.8, 4) is 0 Å². The Labute approximate surface area is 102 Å². The molecule has 0 aromatic heterocycles. The van der Waals surface area contributed by atoms with Gasteiger partial charge in [0.05, 0.1) is 0 Å². The van der Waals surface area contributed by atoms with Crippen molar-refractivity contribution in [3.05, 3.63) is 34.9 Å². The Hall–Kier alpha value is -0.300. The molecule has 0 heterocycles. The molecule has 0 amide bonds. The first-order valence-corrected chi connectivity index (χ1v) is 6.92. The SMILES string of the molecule is CCCC(CBr)Cc1c(C)cccc1C. The van der Waals surface area contributed by atoms with E-state index in [-0.39, 0.29) is 0 Å². The normalized spacial score (nSPS) is 12.8. The van der Waals surface area contributed by atoms with Crippen LogP contribution in [0.2, 0.25) is 0 Å². The predicted octanol–water partition coefficient (Wildman–Crippen LogP) is 4.66. The Morgan fingerprint density at radius 2 is 1.80 bits per heavy atom. The van der Waals surface area contributed by atoms with E-state index in [1.807, 2.05) is 0 Å². The fourth-order valence-corrected chi connectivity index (χ4v) is 2.65. The van der Waals surface area contributed by atoms with Crippen molar-refractivity contribution in [2.75, 3.05) is 5.33 Å². The van der Waals surface area contributed by atoms with Gasteiger partial charge in [-0.1, -0.05) is 47.5 Å². The van der Waals surface area contributed by atoms with E-state index in [0.29, 0.717) is 0 Å². The van der Waals surface area contributed by atoms with Crippen molar-refractivity contribution in [3.63, 3.8) is 0 Å². The van der Waals surface area contributed by atoms with Crippen LogP contribution in [0.15, 0.2) is 18.2 Å². The Bertz CT molecular complexity index is 284. The second-order valence-corrected chi connectivity index (χ2v) is 5.03. The molecule has 0 bridgehead atoms. The van der Waals surface area contributed by atoms with Crippen LogP contribution in [0.4, 0.5) is 0 Å². The molecule has 0 radical (unpaired) electrons. The van der Waals surface area contributed by atoms with Crippen molar-refractivity contribution in [1.29, 1.82) is 0 Å². The number of halogens is 1. The molecule has 1 aromatic carbocycles. The van der Waals surface area contributed by atoms with Gasteiger partial charge < -0.3 is 0 Å². The summed E-state index contributed by atoms with van der Waals surface area (Å²) in [5.74, 6) is 0.787. The predicted molar refractivity (Wildman–Crippen MR) is 71.8 cm³/mol. The molecule has 0 saturated carbocycles. The summed E-state index contributed by atoms with van der Waals surface area (Å²) in [6, 6.07) is 6.59. The van der Waals surface area contributed by atoms with Crippen LogP contribution in [0, 0.1) is 19.8 Å². The standard InChI is InChI=1S/C14H21Br/c1-4-6-13(10-15)9-14-11(2)7-5-8-12(14)3/h5,7-8,13H,4,6,9-10H2,1-3H3. The molecular formula is C14H21Br. The molecule has 0 fully saturated rings. The molecule has 0 spiro atoms. The highest BCUT2D eigenvalue weighted by Crippen LogP contribution is 2.21. The lowest BCUT2D eigenvalue weighted by molar-refractivity contribution is 0.532. The minimum Gasteiger partial charge on any atom is -0.0925 e. The zero-order valence-corrected chi connectivity index (χ0v) is 11.6. The number of alkyl halides is 1. The van der Waals surface area contributed by atoms with Crippen LogP contribution in [-0.2, 0) is 6.42 Å². The molecule has 1 heteroatoms. The number of hydrogen-bond acceptors (Lipinski definition) is 0. The quantitative estimate of drug-likeness (QED) is 0.682. The zero-order chi connectivity index (χ0) is 11.3. The topological polar surface area (TPSA) is 0 Å². The lowest BCUT2D eigenvalue weighted by Crippen LogP contribution is -2.08. The van der Waals surface area contributed by atoms with Crippen LogP contribution >= 0.6 is 15.9 Å². The second kappa shape index (κ2) is 6.32. The van der Waals surface area contributed by atoms with Gasteiger partial charge in [-0.25, -0.2) is 0 Å². The van der Waals surface area contributed by atoms with Gasteiger partial charge in [0.25, 0.3) is 0 Å². The average Bonchev–Trinajstić information content (AvgIpc) is 2.22. The lowest BCUT2D eigenvalue weighted by Gasteiger charge is -2.16. The second-order valence-electron chi connectivity index (χ2n) is 4.38. The van der Waals surface area contributed by atoms with Gasteiger partial charge in [0, 0.05) is 5.33 Å². The van der Waals surface area contributed by atoms with Gasteiger partial charge in [-0.3, -0.25) is 0 Å². The summed E-state index contributed by atoms with van der Waals surface area (Å²) in [6.07, 6.45) is 3.82. The van der Waals surface area contributed by atoms with Crippen molar-refractivity contribution in [1.82, 2.24) is 0 Å². The van der Waals surface area contributed by atoms with E-state index in [0.717, 1.165) is 11.2 Å². The molecule has 1 rings (SSSR count). The van der Waals surface area contributed by atoms with E-state index in [1.165, 1.54) is 30.4 Å². The fraction of sp³-hybridized carbons (Fsp3) is 0.571. The summed E-state index contributed by atoms with van der Waals surface area (Å²) in [7, 11) is 0. The van der Waals surface area contributed by atoms with Crippen LogP contribution in [0.3, 0.4) is 0 Å². The van der Waals surface area contributed by atoms with E-state index >= 15 is 0 Å². The van der Waals surface area contributed by atoms with E-state index in [1.54, 1.807) is 5.56 Å². The Kier molecular flexibility index (Phi) is 5.38. The van der Waals surface area contributed by atoms with Crippen LogP contribution in [0.5, 0.6) is 0 Å². The molecule has 0 nitrogen and oxygen atoms in total. The van der Waals surface area contributed by atoms with Crippen molar-refractivity contribution >= 4 is 15.9 Å². The summed E-state index contributed by atoms with van der Waals surface area (Å²) in [4.78, 5) is 0. The molecule has 0 aliphatic heterocycles. The highest BCUT2D eigenvalue weighted by molar-refractivity contribution is 9.09. The average molecular weight is 269 g/mol. The number of benzene rings is 1. The third kappa shape index (κ3) is 3.64. The Balaban J connectivity index is 2.78. The third-order valence-electron chi connectivity index (χ3n) is 3.05. The van der Waals surface area contributed by atoms with Crippen molar-refractivity contribution in [2.45, 2.75) is 40.0 Å². The molecular weight excluding hydrogens is 248 g/mol. The minimum absolute atomic E-state index is 0.787. The van der Waals surface area contributed by atoms with Gasteiger partial charge >= 0.3 is 0 Å². The molecule has 0 N–H and O–H groups in total. The first-order valence-electron chi connectivity index (χ1n) is 5.80. The largest absolute Gasteiger partial charge is 0.0925 e. The van der Waals surface area contributed by atoms with E-state index in [4.69, 9.17) is 0 Å². The van der Waals surface area contributed by atoms with Gasteiger partial charge in [0.2, 0.25) is 0 Å². The van der Waals surface area contributed by atoms with Crippen LogP contribution < -0.4 is 0 Å². The Morgan fingerprint density at radius 1 is 1.20 bits per heavy atom. The Morgan fingerprint density at radius 3 is 2.27 bits per heavy atom. The molecule has 1 atom stereocenters. The van der Waals surface area contributed by atoms with Crippen molar-refractivity contribution in [2.24, 2.45) is 5.92 Å². The maximum absolute atomic E-state index is 3.62. The molecule has 1 aromatic rings. The molecule has 0 aliphatic rings. The number of hydrogen-bond donors (Lipinski definition) is 0. The van der Waals surface area contributed by atoms with E-state index in [2.05, 4.69) is 54.9 Å². The van der Waals surface area contributed by atoms with Gasteiger partial charge in [-0.2, -0.15) is 0 Å². The number of rotatable bonds is 5. The molecule has 1 unspecified atom stereocenters.